The summed E-state index contributed by atoms with van der Waals surface area (Å²) in [4.78, 5) is 15.7. The van der Waals surface area contributed by atoms with Crippen LogP contribution in [0, 0.1) is 0 Å². The molecule has 0 aliphatic carbocycles. The second-order valence-corrected chi connectivity index (χ2v) is 6.75. The number of benzene rings is 1. The first kappa shape index (κ1) is 16.9. The standard InChI is InChI=1S/C17H26N2O3/c1-17(2)12-19(10-15(11-20)22-17)9-13-5-7-14(8-6-13)16(21)18(3)4/h5-8,15,20H,9-12H2,1-4H3. The summed E-state index contributed by atoms with van der Waals surface area (Å²) < 4.78 is 5.83. The normalized spacial score (nSPS) is 21.6. The summed E-state index contributed by atoms with van der Waals surface area (Å²) >= 11 is 0. The van der Waals surface area contributed by atoms with E-state index in [1.165, 1.54) is 0 Å². The number of carbonyl (C=O) groups is 1. The molecule has 22 heavy (non-hydrogen) atoms. The van der Waals surface area contributed by atoms with Gasteiger partial charge in [-0.05, 0) is 31.5 Å². The van der Waals surface area contributed by atoms with E-state index in [4.69, 9.17) is 4.74 Å². The van der Waals surface area contributed by atoms with Crippen molar-refractivity contribution >= 4 is 5.91 Å². The van der Waals surface area contributed by atoms with Crippen molar-refractivity contribution in [2.75, 3.05) is 33.8 Å². The lowest BCUT2D eigenvalue weighted by Gasteiger charge is -2.42. The fraction of sp³-hybridized carbons (Fsp3) is 0.588. The van der Waals surface area contributed by atoms with Crippen LogP contribution in [0.1, 0.15) is 29.8 Å². The third kappa shape index (κ3) is 4.29. The van der Waals surface area contributed by atoms with Gasteiger partial charge in [-0.2, -0.15) is 0 Å². The van der Waals surface area contributed by atoms with Crippen molar-refractivity contribution in [3.63, 3.8) is 0 Å². The monoisotopic (exact) mass is 306 g/mol. The highest BCUT2D eigenvalue weighted by molar-refractivity contribution is 5.93. The number of amides is 1. The van der Waals surface area contributed by atoms with Gasteiger partial charge in [0.15, 0.2) is 0 Å². The molecule has 1 N–H and O–H groups in total. The third-order valence-corrected chi connectivity index (χ3v) is 3.77. The molecule has 1 aliphatic heterocycles. The number of aliphatic hydroxyl groups is 1. The molecule has 5 heteroatoms. The molecular formula is C17H26N2O3. The van der Waals surface area contributed by atoms with Gasteiger partial charge < -0.3 is 14.7 Å². The summed E-state index contributed by atoms with van der Waals surface area (Å²) in [6.07, 6.45) is -0.140. The second kappa shape index (κ2) is 6.77. The summed E-state index contributed by atoms with van der Waals surface area (Å²) in [5.74, 6) is 0.0133. The Balaban J connectivity index is 2.02. The maximum absolute atomic E-state index is 11.9. The molecule has 1 fully saturated rings. The van der Waals surface area contributed by atoms with E-state index < -0.39 is 0 Å². The Bertz CT molecular complexity index is 511. The zero-order valence-corrected chi connectivity index (χ0v) is 13.9. The summed E-state index contributed by atoms with van der Waals surface area (Å²) in [5.41, 5.74) is 1.60. The lowest BCUT2D eigenvalue weighted by atomic mass is 10.0. The molecule has 1 amide bonds. The molecular weight excluding hydrogens is 280 g/mol. The molecule has 5 nitrogen and oxygen atoms in total. The van der Waals surface area contributed by atoms with Crippen LogP contribution in [-0.4, -0.2) is 66.3 Å². The van der Waals surface area contributed by atoms with Crippen LogP contribution in [0.4, 0.5) is 0 Å². The van der Waals surface area contributed by atoms with E-state index in [-0.39, 0.29) is 24.2 Å². The van der Waals surface area contributed by atoms with Crippen molar-refractivity contribution in [2.45, 2.75) is 32.1 Å². The smallest absolute Gasteiger partial charge is 0.253 e. The number of hydrogen-bond acceptors (Lipinski definition) is 4. The Morgan fingerprint density at radius 3 is 2.55 bits per heavy atom. The van der Waals surface area contributed by atoms with Crippen LogP contribution in [0.2, 0.25) is 0 Å². The molecule has 122 valence electrons. The molecule has 1 aromatic rings. The SMILES string of the molecule is CN(C)C(=O)c1ccc(CN2CC(CO)OC(C)(C)C2)cc1. The molecule has 1 heterocycles. The highest BCUT2D eigenvalue weighted by Gasteiger charge is 2.32. The van der Waals surface area contributed by atoms with Crippen LogP contribution in [0.5, 0.6) is 0 Å². The average Bonchev–Trinajstić information content (AvgIpc) is 2.45. The zero-order valence-electron chi connectivity index (χ0n) is 13.9. The van der Waals surface area contributed by atoms with Crippen molar-refractivity contribution in [1.82, 2.24) is 9.80 Å². The van der Waals surface area contributed by atoms with Gasteiger partial charge in [-0.15, -0.1) is 0 Å². The van der Waals surface area contributed by atoms with Gasteiger partial charge >= 0.3 is 0 Å². The van der Waals surface area contributed by atoms with Crippen LogP contribution in [-0.2, 0) is 11.3 Å². The van der Waals surface area contributed by atoms with Gasteiger partial charge in [0.25, 0.3) is 5.91 Å². The number of aliphatic hydroxyl groups excluding tert-OH is 1. The van der Waals surface area contributed by atoms with Crippen molar-refractivity contribution < 1.29 is 14.6 Å². The van der Waals surface area contributed by atoms with Crippen LogP contribution in [0.3, 0.4) is 0 Å². The van der Waals surface area contributed by atoms with E-state index in [9.17, 15) is 9.90 Å². The fourth-order valence-electron chi connectivity index (χ4n) is 2.90. The van der Waals surface area contributed by atoms with Gasteiger partial charge in [-0.25, -0.2) is 0 Å². The van der Waals surface area contributed by atoms with Gasteiger partial charge in [0, 0.05) is 39.3 Å². The van der Waals surface area contributed by atoms with Crippen LogP contribution >= 0.6 is 0 Å². The maximum atomic E-state index is 11.9. The van der Waals surface area contributed by atoms with Crippen LogP contribution in [0.25, 0.3) is 0 Å². The largest absolute Gasteiger partial charge is 0.394 e. The number of ether oxygens (including phenoxy) is 1. The Morgan fingerprint density at radius 1 is 1.36 bits per heavy atom. The predicted octanol–water partition coefficient (Wildman–Crippen LogP) is 1.36. The lowest BCUT2D eigenvalue weighted by molar-refractivity contribution is -0.150. The molecule has 1 unspecified atom stereocenters. The summed E-state index contributed by atoms with van der Waals surface area (Å²) in [7, 11) is 3.50. The first-order valence-corrected chi connectivity index (χ1v) is 7.62. The van der Waals surface area contributed by atoms with E-state index >= 15 is 0 Å². The van der Waals surface area contributed by atoms with Gasteiger partial charge in [0.1, 0.15) is 0 Å². The minimum atomic E-state index is -0.257. The predicted molar refractivity (Wildman–Crippen MR) is 85.8 cm³/mol. The van der Waals surface area contributed by atoms with Gasteiger partial charge in [0.05, 0.1) is 18.3 Å². The summed E-state index contributed by atoms with van der Waals surface area (Å²) in [6.45, 7) is 6.46. The molecule has 0 spiro atoms. The minimum Gasteiger partial charge on any atom is -0.394 e. The van der Waals surface area contributed by atoms with E-state index in [1.807, 2.05) is 38.1 Å². The lowest BCUT2D eigenvalue weighted by Crippen LogP contribution is -2.53. The van der Waals surface area contributed by atoms with Crippen molar-refractivity contribution in [1.29, 1.82) is 0 Å². The number of nitrogens with zero attached hydrogens (tertiary/aromatic N) is 2. The Labute approximate surface area is 132 Å². The highest BCUT2D eigenvalue weighted by atomic mass is 16.5. The van der Waals surface area contributed by atoms with Gasteiger partial charge in [-0.3, -0.25) is 9.69 Å². The number of rotatable bonds is 4. The molecule has 0 saturated carbocycles. The van der Waals surface area contributed by atoms with Gasteiger partial charge in [-0.1, -0.05) is 12.1 Å². The Hall–Kier alpha value is -1.43. The average molecular weight is 306 g/mol. The van der Waals surface area contributed by atoms with E-state index in [1.54, 1.807) is 19.0 Å². The zero-order chi connectivity index (χ0) is 16.3. The fourth-order valence-corrected chi connectivity index (χ4v) is 2.90. The second-order valence-electron chi connectivity index (χ2n) is 6.75. The molecule has 2 rings (SSSR count). The van der Waals surface area contributed by atoms with Gasteiger partial charge in [0.2, 0.25) is 0 Å². The molecule has 1 saturated heterocycles. The third-order valence-electron chi connectivity index (χ3n) is 3.77. The first-order valence-electron chi connectivity index (χ1n) is 7.62. The topological polar surface area (TPSA) is 53.0 Å². The van der Waals surface area contributed by atoms with E-state index in [0.29, 0.717) is 5.56 Å². The quantitative estimate of drug-likeness (QED) is 0.912. The van der Waals surface area contributed by atoms with Crippen molar-refractivity contribution in [3.05, 3.63) is 35.4 Å². The summed E-state index contributed by atoms with van der Waals surface area (Å²) in [6, 6.07) is 7.72. The molecule has 0 aromatic heterocycles. The van der Waals surface area contributed by atoms with E-state index in [0.717, 1.165) is 25.2 Å². The molecule has 0 bridgehead atoms. The molecule has 0 radical (unpaired) electrons. The Kier molecular flexibility index (Phi) is 5.21. The minimum absolute atomic E-state index is 0.0133. The number of morpholine rings is 1. The molecule has 1 aliphatic rings. The Morgan fingerprint density at radius 2 is 2.00 bits per heavy atom. The number of carbonyl (C=O) groups excluding carboxylic acids is 1. The van der Waals surface area contributed by atoms with Crippen LogP contribution < -0.4 is 0 Å². The molecule has 1 aromatic carbocycles. The maximum Gasteiger partial charge on any atom is 0.253 e. The first-order chi connectivity index (χ1) is 10.3. The summed E-state index contributed by atoms with van der Waals surface area (Å²) in [5, 5.41) is 9.36. The van der Waals surface area contributed by atoms with Crippen LogP contribution in [0.15, 0.2) is 24.3 Å². The number of hydrogen-bond donors (Lipinski definition) is 1. The van der Waals surface area contributed by atoms with E-state index in [2.05, 4.69) is 4.90 Å². The van der Waals surface area contributed by atoms with Crippen molar-refractivity contribution in [2.24, 2.45) is 0 Å². The highest BCUT2D eigenvalue weighted by Crippen LogP contribution is 2.22. The molecule has 1 atom stereocenters. The van der Waals surface area contributed by atoms with Crippen molar-refractivity contribution in [3.8, 4) is 0 Å².